The molecule has 1 atom stereocenters. The van der Waals surface area contributed by atoms with E-state index in [2.05, 4.69) is 12.2 Å². The first-order valence-corrected chi connectivity index (χ1v) is 11.4. The van der Waals surface area contributed by atoms with Crippen LogP contribution in [-0.4, -0.2) is 32.2 Å². The molecular formula is C24H29NO5S. The van der Waals surface area contributed by atoms with Gasteiger partial charge in [0.25, 0.3) is 0 Å². The Kier molecular flexibility index (Phi) is 7.74. The van der Waals surface area contributed by atoms with Crippen molar-refractivity contribution >= 4 is 34.3 Å². The third-order valence-corrected chi connectivity index (χ3v) is 6.31. The second kappa shape index (κ2) is 10.5. The lowest BCUT2D eigenvalue weighted by Crippen LogP contribution is -2.15. The molecule has 1 unspecified atom stereocenters. The zero-order valence-corrected chi connectivity index (χ0v) is 19.3. The van der Waals surface area contributed by atoms with Crippen LogP contribution < -0.4 is 14.8 Å². The normalized spacial score (nSPS) is 15.4. The van der Waals surface area contributed by atoms with Crippen LogP contribution in [0.5, 0.6) is 11.5 Å². The van der Waals surface area contributed by atoms with Gasteiger partial charge in [-0.1, -0.05) is 13.0 Å². The zero-order valence-electron chi connectivity index (χ0n) is 18.4. The number of thiophene rings is 1. The third-order valence-electron chi connectivity index (χ3n) is 5.14. The number of fused-ring (bicyclic) bond motifs is 1. The van der Waals surface area contributed by atoms with Crippen LogP contribution in [0.4, 0.5) is 5.00 Å². The van der Waals surface area contributed by atoms with Crippen LogP contribution in [-0.2, 0) is 22.4 Å². The largest absolute Gasteiger partial charge is 0.493 e. The van der Waals surface area contributed by atoms with Gasteiger partial charge < -0.3 is 19.5 Å². The molecule has 1 aromatic heterocycles. The predicted molar refractivity (Wildman–Crippen MR) is 123 cm³/mol. The Morgan fingerprint density at radius 1 is 1.23 bits per heavy atom. The number of hydrogen-bond acceptors (Lipinski definition) is 6. The number of carbonyl (C=O) groups excluding carboxylic acids is 2. The van der Waals surface area contributed by atoms with Crippen LogP contribution >= 0.6 is 11.3 Å². The molecule has 0 bridgehead atoms. The van der Waals surface area contributed by atoms with Crippen LogP contribution in [0.25, 0.3) is 6.08 Å². The first-order chi connectivity index (χ1) is 15.0. The molecule has 0 saturated heterocycles. The van der Waals surface area contributed by atoms with E-state index in [9.17, 15) is 9.59 Å². The lowest BCUT2D eigenvalue weighted by atomic mass is 9.88. The number of benzene rings is 1. The van der Waals surface area contributed by atoms with Crippen molar-refractivity contribution in [1.82, 2.24) is 0 Å². The van der Waals surface area contributed by atoms with E-state index in [0.29, 0.717) is 41.2 Å². The van der Waals surface area contributed by atoms with Gasteiger partial charge >= 0.3 is 5.97 Å². The third kappa shape index (κ3) is 5.47. The summed E-state index contributed by atoms with van der Waals surface area (Å²) >= 11 is 1.48. The summed E-state index contributed by atoms with van der Waals surface area (Å²) in [5.41, 5.74) is 2.34. The van der Waals surface area contributed by atoms with Gasteiger partial charge in [-0.25, -0.2) is 4.79 Å². The van der Waals surface area contributed by atoms with Crippen LogP contribution in [0.15, 0.2) is 24.3 Å². The number of nitrogens with one attached hydrogen (secondary N) is 1. The molecule has 0 fully saturated rings. The highest BCUT2D eigenvalue weighted by molar-refractivity contribution is 7.17. The van der Waals surface area contributed by atoms with E-state index in [-0.39, 0.29) is 11.9 Å². The SMILES string of the molecule is CCOC(=O)c1c(NC(=O)C=Cc2ccc(OCC)c(OC)c2)sc2c1CCC(C)C2. The number of esters is 1. The Hall–Kier alpha value is -2.80. The fraction of sp³-hybridized carbons (Fsp3) is 0.417. The van der Waals surface area contributed by atoms with Gasteiger partial charge in [-0.05, 0) is 68.4 Å². The molecule has 31 heavy (non-hydrogen) atoms. The molecule has 166 valence electrons. The minimum Gasteiger partial charge on any atom is -0.493 e. The molecule has 1 aromatic carbocycles. The number of amides is 1. The van der Waals surface area contributed by atoms with E-state index in [4.69, 9.17) is 14.2 Å². The molecule has 0 aliphatic heterocycles. The topological polar surface area (TPSA) is 73.9 Å². The molecule has 3 rings (SSSR count). The average Bonchev–Trinajstić information content (AvgIpc) is 3.10. The van der Waals surface area contributed by atoms with Crippen molar-refractivity contribution in [3.63, 3.8) is 0 Å². The highest BCUT2D eigenvalue weighted by Gasteiger charge is 2.28. The Balaban J connectivity index is 1.79. The molecule has 0 saturated carbocycles. The van der Waals surface area contributed by atoms with E-state index in [1.165, 1.54) is 17.4 Å². The van der Waals surface area contributed by atoms with Gasteiger partial charge in [0.15, 0.2) is 11.5 Å². The maximum atomic E-state index is 12.6. The molecule has 1 aliphatic carbocycles. The maximum absolute atomic E-state index is 12.6. The van der Waals surface area contributed by atoms with E-state index >= 15 is 0 Å². The van der Waals surface area contributed by atoms with E-state index in [0.717, 1.165) is 35.3 Å². The van der Waals surface area contributed by atoms with Crippen LogP contribution in [0, 0.1) is 5.92 Å². The Morgan fingerprint density at radius 3 is 2.74 bits per heavy atom. The summed E-state index contributed by atoms with van der Waals surface area (Å²) < 4.78 is 16.1. The average molecular weight is 444 g/mol. The van der Waals surface area contributed by atoms with E-state index in [1.807, 2.05) is 25.1 Å². The summed E-state index contributed by atoms with van der Waals surface area (Å²) in [6, 6.07) is 5.48. The van der Waals surface area contributed by atoms with Crippen molar-refractivity contribution in [3.05, 3.63) is 45.8 Å². The number of hydrogen-bond donors (Lipinski definition) is 1. The smallest absolute Gasteiger partial charge is 0.341 e. The van der Waals surface area contributed by atoms with Gasteiger partial charge in [0.05, 0.1) is 25.9 Å². The first kappa shape index (κ1) is 22.9. The molecule has 0 spiro atoms. The van der Waals surface area contributed by atoms with Crippen LogP contribution in [0.3, 0.4) is 0 Å². The second-order valence-corrected chi connectivity index (χ2v) is 8.55. The number of methoxy groups -OCH3 is 1. The van der Waals surface area contributed by atoms with Gasteiger partial charge in [0.2, 0.25) is 5.91 Å². The number of ether oxygens (including phenoxy) is 3. The van der Waals surface area contributed by atoms with Gasteiger partial charge in [-0.3, -0.25) is 4.79 Å². The standard InChI is InChI=1S/C24H29NO5S/c1-5-29-18-11-8-16(14-19(18)28-4)9-12-21(26)25-23-22(24(27)30-6-2)17-10-7-15(3)13-20(17)31-23/h8-9,11-12,14-15H,5-7,10,13H2,1-4H3,(H,25,26). The first-order valence-electron chi connectivity index (χ1n) is 10.6. The number of rotatable bonds is 8. The van der Waals surface area contributed by atoms with Crippen molar-refractivity contribution < 1.29 is 23.8 Å². The van der Waals surface area contributed by atoms with Crippen molar-refractivity contribution in [2.24, 2.45) is 5.92 Å². The quantitative estimate of drug-likeness (QED) is 0.453. The highest BCUT2D eigenvalue weighted by atomic mass is 32.1. The van der Waals surface area contributed by atoms with E-state index in [1.54, 1.807) is 20.1 Å². The summed E-state index contributed by atoms with van der Waals surface area (Å²) in [5.74, 6) is 1.16. The molecular weight excluding hydrogens is 414 g/mol. The van der Waals surface area contributed by atoms with Crippen molar-refractivity contribution in [2.45, 2.75) is 40.0 Å². The summed E-state index contributed by atoms with van der Waals surface area (Å²) in [5, 5.41) is 3.45. The van der Waals surface area contributed by atoms with Crippen molar-refractivity contribution in [3.8, 4) is 11.5 Å². The van der Waals surface area contributed by atoms with Gasteiger partial charge in [-0.2, -0.15) is 0 Å². The lowest BCUT2D eigenvalue weighted by Gasteiger charge is -2.18. The summed E-state index contributed by atoms with van der Waals surface area (Å²) in [6.45, 7) is 6.74. The van der Waals surface area contributed by atoms with E-state index < -0.39 is 0 Å². The van der Waals surface area contributed by atoms with Crippen molar-refractivity contribution in [2.75, 3.05) is 25.6 Å². The van der Waals surface area contributed by atoms with Gasteiger partial charge in [0, 0.05) is 11.0 Å². The Bertz CT molecular complexity index is 979. The molecule has 1 heterocycles. The maximum Gasteiger partial charge on any atom is 0.341 e. The number of anilines is 1. The zero-order chi connectivity index (χ0) is 22.4. The summed E-state index contributed by atoms with van der Waals surface area (Å²) in [6.07, 6.45) is 5.94. The predicted octanol–water partition coefficient (Wildman–Crippen LogP) is 5.11. The second-order valence-electron chi connectivity index (χ2n) is 7.44. The van der Waals surface area contributed by atoms with Crippen molar-refractivity contribution in [1.29, 1.82) is 0 Å². The fourth-order valence-corrected chi connectivity index (χ4v) is 5.05. The Morgan fingerprint density at radius 2 is 2.03 bits per heavy atom. The minimum absolute atomic E-state index is 0.298. The number of carbonyl (C=O) groups is 2. The lowest BCUT2D eigenvalue weighted by molar-refractivity contribution is -0.111. The molecule has 0 radical (unpaired) electrons. The molecule has 1 amide bonds. The summed E-state index contributed by atoms with van der Waals surface area (Å²) in [7, 11) is 1.58. The molecule has 6 nitrogen and oxygen atoms in total. The fourth-order valence-electron chi connectivity index (χ4n) is 3.65. The minimum atomic E-state index is -0.370. The molecule has 7 heteroatoms. The molecule has 2 aromatic rings. The highest BCUT2D eigenvalue weighted by Crippen LogP contribution is 2.40. The summed E-state index contributed by atoms with van der Waals surface area (Å²) in [4.78, 5) is 26.4. The van der Waals surface area contributed by atoms with Crippen LogP contribution in [0.2, 0.25) is 0 Å². The van der Waals surface area contributed by atoms with Gasteiger partial charge in [-0.15, -0.1) is 11.3 Å². The molecule has 1 aliphatic rings. The van der Waals surface area contributed by atoms with Gasteiger partial charge in [0.1, 0.15) is 5.00 Å². The monoisotopic (exact) mass is 443 g/mol. The molecule has 1 N–H and O–H groups in total. The Labute approximate surface area is 187 Å². The van der Waals surface area contributed by atoms with Crippen LogP contribution in [0.1, 0.15) is 53.6 Å².